The van der Waals surface area contributed by atoms with Crippen LogP contribution in [0.25, 0.3) is 0 Å². The maximum atomic E-state index is 6.09. The molecule has 0 aliphatic heterocycles. The molecule has 1 unspecified atom stereocenters. The third kappa shape index (κ3) is 2.32. The fourth-order valence-electron chi connectivity index (χ4n) is 1.82. The fraction of sp³-hybridized carbons (Fsp3) is 0.333. The quantitative estimate of drug-likeness (QED) is 0.866. The minimum absolute atomic E-state index is 0.366. The lowest BCUT2D eigenvalue weighted by molar-refractivity contribution is 0.321. The van der Waals surface area contributed by atoms with Crippen molar-refractivity contribution in [3.63, 3.8) is 0 Å². The van der Waals surface area contributed by atoms with Crippen LogP contribution < -0.4 is 19.9 Å². The molecule has 102 valence electrons. The first kappa shape index (κ1) is 13.2. The highest BCUT2D eigenvalue weighted by atomic mass is 16.5. The second-order valence-corrected chi connectivity index (χ2v) is 3.69. The van der Waals surface area contributed by atoms with Gasteiger partial charge in [-0.05, 0) is 12.1 Å². The predicted octanol–water partition coefficient (Wildman–Crippen LogP) is 1.14. The van der Waals surface area contributed by atoms with E-state index in [0.717, 1.165) is 0 Å². The van der Waals surface area contributed by atoms with Gasteiger partial charge in [-0.25, -0.2) is 0 Å². The molecule has 0 saturated heterocycles. The van der Waals surface area contributed by atoms with E-state index >= 15 is 0 Å². The summed E-state index contributed by atoms with van der Waals surface area (Å²) in [5.74, 6) is 1.88. The average Bonchev–Trinajstić information content (AvgIpc) is 2.98. The zero-order valence-corrected chi connectivity index (χ0v) is 10.9. The van der Waals surface area contributed by atoms with E-state index in [9.17, 15) is 0 Å². The molecule has 0 aliphatic rings. The Morgan fingerprint density at radius 2 is 1.84 bits per heavy atom. The summed E-state index contributed by atoms with van der Waals surface area (Å²) in [5, 5.41) is 3.73. The Hall–Kier alpha value is -2.28. The van der Waals surface area contributed by atoms with Gasteiger partial charge in [0.15, 0.2) is 17.3 Å². The van der Waals surface area contributed by atoms with Crippen LogP contribution in [-0.2, 0) is 0 Å². The number of rotatable bonds is 5. The third-order valence-corrected chi connectivity index (χ3v) is 2.73. The van der Waals surface area contributed by atoms with Crippen LogP contribution in [0.1, 0.15) is 17.4 Å². The first-order valence-corrected chi connectivity index (χ1v) is 5.53. The summed E-state index contributed by atoms with van der Waals surface area (Å²) >= 11 is 0. The van der Waals surface area contributed by atoms with Crippen molar-refractivity contribution >= 4 is 0 Å². The van der Waals surface area contributed by atoms with Crippen molar-refractivity contribution < 1.29 is 18.7 Å². The van der Waals surface area contributed by atoms with Gasteiger partial charge in [-0.15, -0.1) is 0 Å². The van der Waals surface area contributed by atoms with Gasteiger partial charge < -0.3 is 24.5 Å². The van der Waals surface area contributed by atoms with Gasteiger partial charge in [0.25, 0.3) is 0 Å². The molecule has 0 spiro atoms. The molecule has 19 heavy (non-hydrogen) atoms. The Bertz CT molecular complexity index is 542. The van der Waals surface area contributed by atoms with Gasteiger partial charge in [-0.1, -0.05) is 5.16 Å². The molecule has 7 nitrogen and oxygen atoms in total. The molecule has 2 N–H and O–H groups in total. The summed E-state index contributed by atoms with van der Waals surface area (Å²) in [6.45, 7) is 0. The molecule has 0 aliphatic carbocycles. The summed E-state index contributed by atoms with van der Waals surface area (Å²) in [6.07, 6.45) is 1.22. The lowest BCUT2D eigenvalue weighted by Gasteiger charge is -2.17. The van der Waals surface area contributed by atoms with Crippen LogP contribution >= 0.6 is 0 Å². The van der Waals surface area contributed by atoms with E-state index in [1.807, 2.05) is 0 Å². The van der Waals surface area contributed by atoms with E-state index in [0.29, 0.717) is 28.6 Å². The van der Waals surface area contributed by atoms with Crippen molar-refractivity contribution in [1.82, 2.24) is 10.1 Å². The third-order valence-electron chi connectivity index (χ3n) is 2.73. The summed E-state index contributed by atoms with van der Waals surface area (Å²) in [4.78, 5) is 3.94. The molecule has 0 bridgehead atoms. The lowest BCUT2D eigenvalue weighted by Crippen LogP contribution is -2.15. The van der Waals surface area contributed by atoms with Crippen molar-refractivity contribution in [3.05, 3.63) is 29.9 Å². The van der Waals surface area contributed by atoms with E-state index in [4.69, 9.17) is 24.5 Å². The van der Waals surface area contributed by atoms with E-state index in [2.05, 4.69) is 10.1 Å². The van der Waals surface area contributed by atoms with Crippen molar-refractivity contribution in [2.75, 3.05) is 21.3 Å². The highest BCUT2D eigenvalue weighted by Crippen LogP contribution is 2.42. The molecule has 1 aromatic carbocycles. The number of hydrogen-bond acceptors (Lipinski definition) is 7. The Kier molecular flexibility index (Phi) is 3.86. The molecule has 1 heterocycles. The molecule has 7 heteroatoms. The number of nitrogens with zero attached hydrogens (tertiary/aromatic N) is 2. The smallest absolute Gasteiger partial charge is 0.213 e. The predicted molar refractivity (Wildman–Crippen MR) is 66.4 cm³/mol. The fourth-order valence-corrected chi connectivity index (χ4v) is 1.82. The van der Waals surface area contributed by atoms with Crippen LogP contribution in [0.3, 0.4) is 0 Å². The second-order valence-electron chi connectivity index (χ2n) is 3.69. The Morgan fingerprint density at radius 3 is 2.37 bits per heavy atom. The molecule has 0 fully saturated rings. The first-order valence-electron chi connectivity index (χ1n) is 5.53. The second kappa shape index (κ2) is 5.57. The summed E-state index contributed by atoms with van der Waals surface area (Å²) in [5.41, 5.74) is 6.77. The van der Waals surface area contributed by atoms with Gasteiger partial charge in [0.05, 0.1) is 27.4 Å². The van der Waals surface area contributed by atoms with Crippen LogP contribution in [0.2, 0.25) is 0 Å². The van der Waals surface area contributed by atoms with Crippen LogP contribution in [0.5, 0.6) is 17.2 Å². The Labute approximate surface area is 110 Å². The van der Waals surface area contributed by atoms with Gasteiger partial charge in [-0.3, -0.25) is 0 Å². The molecule has 1 atom stereocenters. The molecule has 2 aromatic rings. The standard InChI is InChI=1S/C12H15N3O4/c1-16-8-5-4-7(10(17-2)11(8)18-3)9(13)12-14-6-19-15-12/h4-6,9H,13H2,1-3H3. The molecular formula is C12H15N3O4. The minimum Gasteiger partial charge on any atom is -0.493 e. The van der Waals surface area contributed by atoms with Crippen molar-refractivity contribution in [1.29, 1.82) is 0 Å². The average molecular weight is 265 g/mol. The molecule has 0 saturated carbocycles. The van der Waals surface area contributed by atoms with Gasteiger partial charge in [0.1, 0.15) is 0 Å². The van der Waals surface area contributed by atoms with Crippen LogP contribution in [0, 0.1) is 0 Å². The molecular weight excluding hydrogens is 250 g/mol. The number of benzene rings is 1. The maximum Gasteiger partial charge on any atom is 0.213 e. The maximum absolute atomic E-state index is 6.09. The zero-order valence-electron chi connectivity index (χ0n) is 10.9. The van der Waals surface area contributed by atoms with E-state index < -0.39 is 6.04 Å². The van der Waals surface area contributed by atoms with Crippen molar-refractivity contribution in [3.8, 4) is 17.2 Å². The van der Waals surface area contributed by atoms with Crippen molar-refractivity contribution in [2.45, 2.75) is 6.04 Å². The van der Waals surface area contributed by atoms with Crippen LogP contribution in [-0.4, -0.2) is 31.5 Å². The minimum atomic E-state index is -0.575. The highest BCUT2D eigenvalue weighted by molar-refractivity contribution is 5.57. The molecule has 2 rings (SSSR count). The number of methoxy groups -OCH3 is 3. The SMILES string of the molecule is COc1ccc(C(N)c2ncon2)c(OC)c1OC. The van der Waals surface area contributed by atoms with Gasteiger partial charge in [0, 0.05) is 5.56 Å². The van der Waals surface area contributed by atoms with Crippen LogP contribution in [0.4, 0.5) is 0 Å². The summed E-state index contributed by atoms with van der Waals surface area (Å²) in [7, 11) is 4.61. The number of ether oxygens (including phenoxy) is 3. The monoisotopic (exact) mass is 265 g/mol. The molecule has 0 amide bonds. The van der Waals surface area contributed by atoms with E-state index in [1.54, 1.807) is 19.2 Å². The summed E-state index contributed by atoms with van der Waals surface area (Å²) in [6, 6.07) is 2.95. The number of nitrogens with two attached hydrogens (primary N) is 1. The van der Waals surface area contributed by atoms with Gasteiger partial charge >= 0.3 is 0 Å². The van der Waals surface area contributed by atoms with Gasteiger partial charge in [0.2, 0.25) is 12.1 Å². The Morgan fingerprint density at radius 1 is 1.11 bits per heavy atom. The number of aromatic nitrogens is 2. The molecule has 0 radical (unpaired) electrons. The Balaban J connectivity index is 2.51. The van der Waals surface area contributed by atoms with E-state index in [1.165, 1.54) is 20.6 Å². The largest absolute Gasteiger partial charge is 0.493 e. The van der Waals surface area contributed by atoms with Crippen molar-refractivity contribution in [2.24, 2.45) is 5.73 Å². The number of hydrogen-bond donors (Lipinski definition) is 1. The lowest BCUT2D eigenvalue weighted by atomic mass is 10.0. The first-order chi connectivity index (χ1) is 9.22. The topological polar surface area (TPSA) is 92.6 Å². The van der Waals surface area contributed by atoms with E-state index in [-0.39, 0.29) is 0 Å². The normalized spacial score (nSPS) is 12.0. The van der Waals surface area contributed by atoms with Gasteiger partial charge in [-0.2, -0.15) is 4.98 Å². The summed E-state index contributed by atoms with van der Waals surface area (Å²) < 4.78 is 20.6. The highest BCUT2D eigenvalue weighted by Gasteiger charge is 2.23. The zero-order chi connectivity index (χ0) is 13.8. The van der Waals surface area contributed by atoms with Crippen LogP contribution in [0.15, 0.2) is 23.0 Å². The molecule has 1 aromatic heterocycles.